The van der Waals surface area contributed by atoms with Crippen molar-refractivity contribution in [3.8, 4) is 5.75 Å². The van der Waals surface area contributed by atoms with Gasteiger partial charge in [-0.1, -0.05) is 0 Å². The van der Waals surface area contributed by atoms with Crippen molar-refractivity contribution in [1.82, 2.24) is 9.88 Å². The minimum absolute atomic E-state index is 0.0266. The molecule has 2 aromatic carbocycles. The number of fused-ring (bicyclic) bond motifs is 1. The van der Waals surface area contributed by atoms with Gasteiger partial charge in [0.25, 0.3) is 0 Å². The molecule has 1 saturated carbocycles. The largest absolute Gasteiger partial charge is 0.497 e. The lowest BCUT2D eigenvalue weighted by Gasteiger charge is -2.30. The summed E-state index contributed by atoms with van der Waals surface area (Å²) in [5, 5.41) is 3.89. The Labute approximate surface area is 174 Å². The number of hydrogen-bond acceptors (Lipinski definition) is 3. The highest BCUT2D eigenvalue weighted by molar-refractivity contribution is 5.92. The Morgan fingerprint density at radius 1 is 1.17 bits per heavy atom. The molecule has 3 aromatic rings. The van der Waals surface area contributed by atoms with Gasteiger partial charge in [0.15, 0.2) is 0 Å². The molecular weight excluding hydrogens is 381 g/mol. The molecule has 0 atom stereocenters. The van der Waals surface area contributed by atoms with E-state index >= 15 is 0 Å². The molecule has 154 valence electrons. The lowest BCUT2D eigenvalue weighted by molar-refractivity contribution is 0.225. The number of amides is 2. The lowest BCUT2D eigenvalue weighted by Crippen LogP contribution is -2.30. The number of rotatable bonds is 3. The monoisotopic (exact) mass is 405 g/mol. The van der Waals surface area contributed by atoms with Gasteiger partial charge in [-0.3, -0.25) is 4.98 Å². The predicted molar refractivity (Wildman–Crippen MR) is 114 cm³/mol. The van der Waals surface area contributed by atoms with E-state index in [1.165, 1.54) is 11.6 Å². The van der Waals surface area contributed by atoms with Gasteiger partial charge in [-0.15, -0.1) is 0 Å². The maximum atomic E-state index is 13.8. The molecule has 0 unspecified atom stereocenters. The van der Waals surface area contributed by atoms with E-state index in [0.717, 1.165) is 54.6 Å². The average Bonchev–Trinajstić information content (AvgIpc) is 3.48. The fourth-order valence-corrected chi connectivity index (χ4v) is 4.80. The first kappa shape index (κ1) is 18.9. The smallest absolute Gasteiger partial charge is 0.322 e. The molecule has 5 nitrogen and oxygen atoms in total. The van der Waals surface area contributed by atoms with Crippen LogP contribution < -0.4 is 10.1 Å². The fourth-order valence-electron chi connectivity index (χ4n) is 4.80. The van der Waals surface area contributed by atoms with E-state index in [-0.39, 0.29) is 17.4 Å². The Morgan fingerprint density at radius 3 is 2.67 bits per heavy atom. The van der Waals surface area contributed by atoms with E-state index in [0.29, 0.717) is 5.92 Å². The summed E-state index contributed by atoms with van der Waals surface area (Å²) < 4.78 is 18.9. The number of ether oxygens (including phenoxy) is 1. The van der Waals surface area contributed by atoms with Crippen molar-refractivity contribution in [1.29, 1.82) is 0 Å². The van der Waals surface area contributed by atoms with Crippen molar-refractivity contribution in [3.05, 3.63) is 66.1 Å². The summed E-state index contributed by atoms with van der Waals surface area (Å²) in [5.41, 5.74) is 2.74. The highest BCUT2D eigenvalue weighted by Gasteiger charge is 2.56. The van der Waals surface area contributed by atoms with E-state index in [9.17, 15) is 9.18 Å². The quantitative estimate of drug-likeness (QED) is 0.600. The molecule has 0 bridgehead atoms. The van der Waals surface area contributed by atoms with Crippen molar-refractivity contribution in [2.24, 2.45) is 0 Å². The van der Waals surface area contributed by atoms with Gasteiger partial charge in [-0.05, 0) is 85.7 Å². The number of aromatic nitrogens is 1. The number of nitrogens with zero attached hydrogens (tertiary/aromatic N) is 2. The standard InChI is InChI=1S/C24H24FN3O2/c1-30-19-5-3-18(4-6-19)27-23(29)28-15-24(28)11-8-16(9-12-24)20-10-13-26-22-7-2-17(25)14-21(20)22/h2-7,10,13-14,16H,8-9,11-12,15H2,1H3,(H,27,29). The van der Waals surface area contributed by atoms with Crippen LogP contribution in [0.5, 0.6) is 5.75 Å². The number of halogens is 1. The molecule has 1 N–H and O–H groups in total. The van der Waals surface area contributed by atoms with E-state index in [4.69, 9.17) is 4.74 Å². The zero-order valence-corrected chi connectivity index (χ0v) is 16.9. The first-order chi connectivity index (χ1) is 14.6. The normalized spacial score (nSPS) is 22.9. The summed E-state index contributed by atoms with van der Waals surface area (Å²) in [6.45, 7) is 0.799. The number of anilines is 1. The molecule has 2 fully saturated rings. The Kier molecular flexibility index (Phi) is 4.57. The zero-order chi connectivity index (χ0) is 20.7. The van der Waals surface area contributed by atoms with Gasteiger partial charge >= 0.3 is 6.03 Å². The van der Waals surface area contributed by atoms with Gasteiger partial charge < -0.3 is 15.0 Å². The van der Waals surface area contributed by atoms with E-state index in [2.05, 4.69) is 10.3 Å². The SMILES string of the molecule is COc1ccc(NC(=O)N2CC23CCC(c2ccnc4ccc(F)cc24)CC3)cc1. The van der Waals surface area contributed by atoms with Gasteiger partial charge in [0.2, 0.25) is 0 Å². The summed E-state index contributed by atoms with van der Waals surface area (Å²) in [6.07, 6.45) is 5.72. The number of pyridine rings is 1. The van der Waals surface area contributed by atoms with Crippen LogP contribution in [0.1, 0.15) is 37.2 Å². The summed E-state index contributed by atoms with van der Waals surface area (Å²) in [4.78, 5) is 19.0. The molecule has 1 aliphatic carbocycles. The van der Waals surface area contributed by atoms with Crippen LogP contribution in [0.3, 0.4) is 0 Å². The Bertz CT molecular complexity index is 1090. The highest BCUT2D eigenvalue weighted by atomic mass is 19.1. The molecule has 1 aliphatic heterocycles. The molecule has 1 spiro atoms. The lowest BCUT2D eigenvalue weighted by atomic mass is 9.77. The summed E-state index contributed by atoms with van der Waals surface area (Å²) in [6, 6.07) is 14.1. The van der Waals surface area contributed by atoms with Crippen LogP contribution in [0.25, 0.3) is 10.9 Å². The molecule has 2 heterocycles. The summed E-state index contributed by atoms with van der Waals surface area (Å²) in [7, 11) is 1.62. The highest BCUT2D eigenvalue weighted by Crippen LogP contribution is 2.50. The molecule has 30 heavy (non-hydrogen) atoms. The van der Waals surface area contributed by atoms with Crippen molar-refractivity contribution in [2.45, 2.75) is 37.1 Å². The summed E-state index contributed by atoms with van der Waals surface area (Å²) in [5.74, 6) is 0.903. The van der Waals surface area contributed by atoms with Gasteiger partial charge in [0.1, 0.15) is 11.6 Å². The van der Waals surface area contributed by atoms with Crippen molar-refractivity contribution < 1.29 is 13.9 Å². The van der Waals surface area contributed by atoms with Crippen LogP contribution >= 0.6 is 0 Å². The number of nitrogens with one attached hydrogen (secondary N) is 1. The number of methoxy groups -OCH3 is 1. The first-order valence-corrected chi connectivity index (χ1v) is 10.3. The van der Waals surface area contributed by atoms with Gasteiger partial charge in [-0.2, -0.15) is 0 Å². The minimum Gasteiger partial charge on any atom is -0.497 e. The molecule has 5 rings (SSSR count). The molecule has 1 saturated heterocycles. The molecule has 0 radical (unpaired) electrons. The van der Waals surface area contributed by atoms with E-state index in [1.807, 2.05) is 41.4 Å². The molecule has 6 heteroatoms. The van der Waals surface area contributed by atoms with Crippen molar-refractivity contribution in [2.75, 3.05) is 19.0 Å². The second kappa shape index (κ2) is 7.27. The maximum absolute atomic E-state index is 13.8. The second-order valence-electron chi connectivity index (χ2n) is 8.31. The summed E-state index contributed by atoms with van der Waals surface area (Å²) >= 11 is 0. The fraction of sp³-hybridized carbons (Fsp3) is 0.333. The number of benzene rings is 2. The van der Waals surface area contributed by atoms with Crippen molar-refractivity contribution >= 4 is 22.6 Å². The third kappa shape index (κ3) is 3.36. The van der Waals surface area contributed by atoms with Crippen LogP contribution in [0.4, 0.5) is 14.9 Å². The third-order valence-electron chi connectivity index (χ3n) is 6.60. The Hall–Kier alpha value is -3.15. The van der Waals surface area contributed by atoms with Gasteiger partial charge in [0, 0.05) is 23.8 Å². The molecule has 2 aliphatic rings. The molecule has 1 aromatic heterocycles. The van der Waals surface area contributed by atoms with Crippen LogP contribution in [-0.2, 0) is 0 Å². The Balaban J connectivity index is 1.24. The van der Waals surface area contributed by atoms with Gasteiger partial charge in [0.05, 0.1) is 18.2 Å². The van der Waals surface area contributed by atoms with Crippen molar-refractivity contribution in [3.63, 3.8) is 0 Å². The topological polar surface area (TPSA) is 54.2 Å². The van der Waals surface area contributed by atoms with Crippen LogP contribution in [0.15, 0.2) is 54.7 Å². The number of carbonyl (C=O) groups is 1. The van der Waals surface area contributed by atoms with Crippen LogP contribution in [0.2, 0.25) is 0 Å². The number of carbonyl (C=O) groups excluding carboxylic acids is 1. The Morgan fingerprint density at radius 2 is 1.93 bits per heavy atom. The molecular formula is C24H24FN3O2. The van der Waals surface area contributed by atoms with E-state index in [1.54, 1.807) is 19.2 Å². The van der Waals surface area contributed by atoms with Gasteiger partial charge in [-0.25, -0.2) is 9.18 Å². The van der Waals surface area contributed by atoms with Crippen LogP contribution in [0, 0.1) is 5.82 Å². The second-order valence-corrected chi connectivity index (χ2v) is 8.31. The minimum atomic E-state index is -0.229. The molecule has 2 amide bonds. The third-order valence-corrected chi connectivity index (χ3v) is 6.60. The maximum Gasteiger partial charge on any atom is 0.322 e. The number of hydrogen-bond donors (Lipinski definition) is 1. The average molecular weight is 405 g/mol. The number of urea groups is 1. The predicted octanol–water partition coefficient (Wildman–Crippen LogP) is 5.33. The first-order valence-electron chi connectivity index (χ1n) is 10.3. The zero-order valence-electron chi connectivity index (χ0n) is 16.9. The van der Waals surface area contributed by atoms with Crippen LogP contribution in [-0.4, -0.2) is 35.1 Å². The van der Waals surface area contributed by atoms with E-state index < -0.39 is 0 Å².